The van der Waals surface area contributed by atoms with E-state index in [1.165, 1.54) is 0 Å². The van der Waals surface area contributed by atoms with Crippen LogP contribution in [0.4, 0.5) is 0 Å². The number of carbonyl (C=O) groups excluding carboxylic acids is 2. The van der Waals surface area contributed by atoms with Gasteiger partial charge in [-0.1, -0.05) is 0 Å². The normalized spacial score (nSPS) is 42.9. The van der Waals surface area contributed by atoms with Gasteiger partial charge in [-0.05, 0) is 38.8 Å². The predicted octanol–water partition coefficient (Wildman–Crippen LogP) is 2.13. The SMILES string of the molecule is CC12CC3C(=O)OCCOC(=O)C4CC5(C)OCC=C(OCCCOC(=CCO1)C32)C45. The van der Waals surface area contributed by atoms with E-state index in [1.54, 1.807) is 0 Å². The van der Waals surface area contributed by atoms with Crippen molar-refractivity contribution >= 4 is 11.9 Å². The average Bonchev–Trinajstić information content (AvgIpc) is 2.70. The first-order valence-corrected chi connectivity index (χ1v) is 11.2. The summed E-state index contributed by atoms with van der Waals surface area (Å²) in [4.78, 5) is 25.3. The molecule has 5 aliphatic rings. The molecule has 0 N–H and O–H groups in total. The second-order valence-corrected chi connectivity index (χ2v) is 9.42. The molecule has 3 aliphatic heterocycles. The highest BCUT2D eigenvalue weighted by atomic mass is 16.6. The molecular formula is C23H30O8. The average molecular weight is 434 g/mol. The lowest BCUT2D eigenvalue weighted by Gasteiger charge is -2.53. The van der Waals surface area contributed by atoms with Gasteiger partial charge in [-0.2, -0.15) is 0 Å². The van der Waals surface area contributed by atoms with Gasteiger partial charge in [0.25, 0.3) is 0 Å². The molecule has 0 aromatic rings. The molecule has 3 heterocycles. The van der Waals surface area contributed by atoms with Crippen LogP contribution in [0.3, 0.4) is 0 Å². The maximum absolute atomic E-state index is 12.6. The van der Waals surface area contributed by atoms with Crippen LogP contribution in [0.15, 0.2) is 23.7 Å². The molecule has 2 aliphatic carbocycles. The highest BCUT2D eigenvalue weighted by Crippen LogP contribution is 2.54. The molecule has 8 heteroatoms. The number of ether oxygens (including phenoxy) is 6. The number of rotatable bonds is 0. The number of carbonyl (C=O) groups is 2. The molecule has 0 aromatic carbocycles. The maximum Gasteiger partial charge on any atom is 0.310 e. The molecule has 6 unspecified atom stereocenters. The topological polar surface area (TPSA) is 89.5 Å². The van der Waals surface area contributed by atoms with Crippen molar-refractivity contribution in [2.45, 2.75) is 44.3 Å². The van der Waals surface area contributed by atoms with Crippen molar-refractivity contribution in [3.8, 4) is 0 Å². The molecule has 8 nitrogen and oxygen atoms in total. The van der Waals surface area contributed by atoms with Gasteiger partial charge in [0.15, 0.2) is 0 Å². The molecule has 0 amide bonds. The molecule has 0 aromatic heterocycles. The molecule has 31 heavy (non-hydrogen) atoms. The van der Waals surface area contributed by atoms with Crippen molar-refractivity contribution in [2.24, 2.45) is 23.7 Å². The van der Waals surface area contributed by atoms with Crippen LogP contribution in [-0.4, -0.2) is 62.8 Å². The maximum atomic E-state index is 12.6. The van der Waals surface area contributed by atoms with Crippen molar-refractivity contribution in [3.05, 3.63) is 23.7 Å². The van der Waals surface area contributed by atoms with Crippen LogP contribution in [0.2, 0.25) is 0 Å². The summed E-state index contributed by atoms with van der Waals surface area (Å²) < 4.78 is 34.7. The minimum atomic E-state index is -0.407. The molecule has 0 spiro atoms. The molecule has 0 radical (unpaired) electrons. The number of hydrogen-bond donors (Lipinski definition) is 0. The summed E-state index contributed by atoms with van der Waals surface area (Å²) in [5.74, 6) is 0.0875. The van der Waals surface area contributed by atoms with Gasteiger partial charge >= 0.3 is 11.9 Å². The zero-order chi connectivity index (χ0) is 21.6. The van der Waals surface area contributed by atoms with Crippen molar-refractivity contribution in [1.29, 1.82) is 0 Å². The van der Waals surface area contributed by atoms with Crippen LogP contribution in [0, 0.1) is 23.7 Å². The van der Waals surface area contributed by atoms with Crippen molar-refractivity contribution in [2.75, 3.05) is 39.6 Å². The summed E-state index contributed by atoms with van der Waals surface area (Å²) in [7, 11) is 0. The zero-order valence-electron chi connectivity index (χ0n) is 18.1. The van der Waals surface area contributed by atoms with E-state index in [0.29, 0.717) is 45.7 Å². The first-order chi connectivity index (χ1) is 14.9. The molecule has 3 fully saturated rings. The van der Waals surface area contributed by atoms with E-state index in [-0.39, 0.29) is 48.8 Å². The summed E-state index contributed by atoms with van der Waals surface area (Å²) in [5.41, 5.74) is -0.813. The van der Waals surface area contributed by atoms with Gasteiger partial charge in [0.05, 0.1) is 61.3 Å². The van der Waals surface area contributed by atoms with Gasteiger partial charge < -0.3 is 28.4 Å². The van der Waals surface area contributed by atoms with E-state index >= 15 is 0 Å². The van der Waals surface area contributed by atoms with Crippen LogP contribution >= 0.6 is 0 Å². The third-order valence-electron chi connectivity index (χ3n) is 7.38. The molecule has 6 atom stereocenters. The van der Waals surface area contributed by atoms with Crippen LogP contribution in [0.1, 0.15) is 33.1 Å². The predicted molar refractivity (Wildman–Crippen MR) is 107 cm³/mol. The Balaban J connectivity index is 1.30. The van der Waals surface area contributed by atoms with E-state index in [4.69, 9.17) is 28.4 Å². The van der Waals surface area contributed by atoms with Gasteiger partial charge in [-0.25, -0.2) is 0 Å². The highest BCUT2D eigenvalue weighted by Gasteiger charge is 2.60. The zero-order valence-corrected chi connectivity index (χ0v) is 18.1. The Morgan fingerprint density at radius 3 is 1.61 bits per heavy atom. The molecular weight excluding hydrogens is 404 g/mol. The fourth-order valence-electron chi connectivity index (χ4n) is 5.75. The van der Waals surface area contributed by atoms with Gasteiger partial charge in [-0.15, -0.1) is 0 Å². The minimum absolute atomic E-state index is 0.0373. The van der Waals surface area contributed by atoms with E-state index < -0.39 is 11.2 Å². The van der Waals surface area contributed by atoms with Crippen LogP contribution in [0.5, 0.6) is 0 Å². The molecule has 2 saturated carbocycles. The fourth-order valence-corrected chi connectivity index (χ4v) is 5.75. The Morgan fingerprint density at radius 2 is 1.16 bits per heavy atom. The van der Waals surface area contributed by atoms with Crippen molar-refractivity contribution in [3.63, 3.8) is 0 Å². The fraction of sp³-hybridized carbons (Fsp3) is 0.739. The largest absolute Gasteiger partial charge is 0.498 e. The number of cyclic esters (lactones) is 2. The van der Waals surface area contributed by atoms with Crippen LogP contribution in [-0.2, 0) is 38.0 Å². The Hall–Kier alpha value is -2.06. The number of esters is 2. The summed E-state index contributed by atoms with van der Waals surface area (Å²) in [6.07, 6.45) is 5.70. The lowest BCUT2D eigenvalue weighted by atomic mass is 9.60. The minimum Gasteiger partial charge on any atom is -0.498 e. The quantitative estimate of drug-likeness (QED) is 0.536. The van der Waals surface area contributed by atoms with Crippen molar-refractivity contribution < 1.29 is 38.0 Å². The Kier molecular flexibility index (Phi) is 5.25. The van der Waals surface area contributed by atoms with E-state index in [9.17, 15) is 9.59 Å². The first kappa shape index (κ1) is 20.8. The third-order valence-corrected chi connectivity index (χ3v) is 7.38. The van der Waals surface area contributed by atoms with Gasteiger partial charge in [0.2, 0.25) is 0 Å². The molecule has 5 rings (SSSR count). The molecule has 0 bridgehead atoms. The Morgan fingerprint density at radius 1 is 0.710 bits per heavy atom. The molecule has 1 saturated heterocycles. The van der Waals surface area contributed by atoms with Crippen LogP contribution < -0.4 is 0 Å². The summed E-state index contributed by atoms with van der Waals surface area (Å²) in [6, 6.07) is 0. The summed E-state index contributed by atoms with van der Waals surface area (Å²) in [5, 5.41) is 0. The standard InChI is InChI=1S/C23H30O8/c1-22-12-14-18(22)16(4-8-30-22)26-6-3-7-27-17-5-9-31-23(2)13-15(19(17)23)21(25)29-11-10-28-20(14)24/h4-5,14-15,18-19H,3,6-13H2,1-2H3. The second-order valence-electron chi connectivity index (χ2n) is 9.42. The Bertz CT molecular complexity index is 752. The number of hydrogen-bond acceptors (Lipinski definition) is 8. The smallest absolute Gasteiger partial charge is 0.310 e. The Labute approximate surface area is 181 Å². The van der Waals surface area contributed by atoms with E-state index in [0.717, 1.165) is 11.5 Å². The first-order valence-electron chi connectivity index (χ1n) is 11.2. The summed E-state index contributed by atoms with van der Waals surface area (Å²) in [6.45, 7) is 6.02. The lowest BCUT2D eigenvalue weighted by molar-refractivity contribution is -0.200. The highest BCUT2D eigenvalue weighted by molar-refractivity contribution is 5.76. The van der Waals surface area contributed by atoms with Crippen LogP contribution in [0.25, 0.3) is 0 Å². The van der Waals surface area contributed by atoms with Gasteiger partial charge in [0.1, 0.15) is 24.7 Å². The van der Waals surface area contributed by atoms with E-state index in [1.807, 2.05) is 26.0 Å². The monoisotopic (exact) mass is 434 g/mol. The van der Waals surface area contributed by atoms with Gasteiger partial charge in [0, 0.05) is 6.42 Å². The van der Waals surface area contributed by atoms with E-state index in [2.05, 4.69) is 0 Å². The lowest BCUT2D eigenvalue weighted by Crippen LogP contribution is -2.59. The van der Waals surface area contributed by atoms with Crippen molar-refractivity contribution in [1.82, 2.24) is 0 Å². The molecule has 170 valence electrons. The summed E-state index contributed by atoms with van der Waals surface area (Å²) >= 11 is 0. The third kappa shape index (κ3) is 3.53. The van der Waals surface area contributed by atoms with Gasteiger partial charge in [-0.3, -0.25) is 9.59 Å². The second kappa shape index (κ2) is 7.81.